The van der Waals surface area contributed by atoms with Crippen LogP contribution < -0.4 is 5.32 Å². The van der Waals surface area contributed by atoms with Gasteiger partial charge in [-0.3, -0.25) is 4.79 Å². The zero-order valence-corrected chi connectivity index (χ0v) is 17.2. The second-order valence-electron chi connectivity index (χ2n) is 8.03. The molecule has 1 aliphatic carbocycles. The fourth-order valence-electron chi connectivity index (χ4n) is 4.08. The van der Waals surface area contributed by atoms with Gasteiger partial charge >= 0.3 is 0 Å². The maximum atomic E-state index is 13.0. The second-order valence-corrected chi connectivity index (χ2v) is 8.85. The highest BCUT2D eigenvalue weighted by atomic mass is 35.5. The molecule has 0 spiro atoms. The largest absolute Gasteiger partial charge is 0.326 e. The van der Waals surface area contributed by atoms with Crippen molar-refractivity contribution in [1.82, 2.24) is 0 Å². The van der Waals surface area contributed by atoms with Crippen molar-refractivity contribution in [3.8, 4) is 0 Å². The van der Waals surface area contributed by atoms with E-state index in [1.807, 2.05) is 49.4 Å². The van der Waals surface area contributed by atoms with E-state index < -0.39 is 0 Å². The zero-order valence-electron chi connectivity index (χ0n) is 15.6. The Morgan fingerprint density at radius 3 is 2.35 bits per heavy atom. The Hall–Kier alpha value is -1.51. The molecule has 1 aliphatic rings. The number of halogens is 2. The zero-order chi connectivity index (χ0) is 19.1. The number of rotatable bonds is 3. The summed E-state index contributed by atoms with van der Waals surface area (Å²) in [5.41, 5.74) is 3.08. The lowest BCUT2D eigenvalue weighted by Crippen LogP contribution is -2.33. The van der Waals surface area contributed by atoms with Gasteiger partial charge in [-0.25, -0.2) is 0 Å². The van der Waals surface area contributed by atoms with Crippen LogP contribution in [0.15, 0.2) is 42.5 Å². The highest BCUT2D eigenvalue weighted by molar-refractivity contribution is 6.42. The Labute approximate surface area is 165 Å². The van der Waals surface area contributed by atoms with Gasteiger partial charge in [0.05, 0.1) is 10.0 Å². The molecular weight excluding hydrogens is 365 g/mol. The minimum atomic E-state index is -0.106. The summed E-state index contributed by atoms with van der Waals surface area (Å²) < 4.78 is 0. The summed E-state index contributed by atoms with van der Waals surface area (Å²) in [6.45, 7) is 8.64. The number of amides is 1. The van der Waals surface area contributed by atoms with Crippen LogP contribution in [-0.4, -0.2) is 5.91 Å². The standard InChI is InChI=1S/C22H25Cl2NO/c1-13-5-8-16(9-6-13)25-21(26)18-12-17(14(2)22(18,3)4)15-7-10-19(23)20(24)11-15/h5-11,14,17-18H,12H2,1-4H3,(H,25,26)/t14-,17-,18-/m1/s1. The van der Waals surface area contributed by atoms with Gasteiger partial charge in [0.15, 0.2) is 0 Å². The van der Waals surface area contributed by atoms with Gasteiger partial charge in [0, 0.05) is 11.6 Å². The van der Waals surface area contributed by atoms with E-state index in [0.29, 0.717) is 16.0 Å². The van der Waals surface area contributed by atoms with Crippen LogP contribution in [0.3, 0.4) is 0 Å². The number of hydrogen-bond donors (Lipinski definition) is 1. The molecule has 1 N–H and O–H groups in total. The lowest BCUT2D eigenvalue weighted by molar-refractivity contribution is -0.122. The lowest BCUT2D eigenvalue weighted by atomic mass is 9.74. The highest BCUT2D eigenvalue weighted by Gasteiger charge is 2.50. The SMILES string of the molecule is Cc1ccc(NC(=O)[C@H]2C[C@@H](c3ccc(Cl)c(Cl)c3)[C@@H](C)C2(C)C)cc1. The van der Waals surface area contributed by atoms with Gasteiger partial charge in [-0.05, 0) is 60.4 Å². The minimum absolute atomic E-state index is 0.0572. The Morgan fingerprint density at radius 1 is 1.08 bits per heavy atom. The second kappa shape index (κ2) is 7.25. The van der Waals surface area contributed by atoms with Gasteiger partial charge < -0.3 is 5.32 Å². The van der Waals surface area contributed by atoms with Gasteiger partial charge in [-0.2, -0.15) is 0 Å². The number of carbonyl (C=O) groups excluding carboxylic acids is 1. The van der Waals surface area contributed by atoms with Crippen LogP contribution in [0.2, 0.25) is 10.0 Å². The van der Waals surface area contributed by atoms with Crippen molar-refractivity contribution in [2.24, 2.45) is 17.3 Å². The van der Waals surface area contributed by atoms with E-state index in [4.69, 9.17) is 23.2 Å². The van der Waals surface area contributed by atoms with Crippen molar-refractivity contribution < 1.29 is 4.79 Å². The topological polar surface area (TPSA) is 29.1 Å². The minimum Gasteiger partial charge on any atom is -0.326 e. The smallest absolute Gasteiger partial charge is 0.228 e. The van der Waals surface area contributed by atoms with Crippen LogP contribution in [0.5, 0.6) is 0 Å². The van der Waals surface area contributed by atoms with E-state index in [2.05, 4.69) is 26.1 Å². The normalized spacial score (nSPS) is 24.5. The summed E-state index contributed by atoms with van der Waals surface area (Å²) in [7, 11) is 0. The molecule has 26 heavy (non-hydrogen) atoms. The summed E-state index contributed by atoms with van der Waals surface area (Å²) in [5, 5.41) is 4.23. The quantitative estimate of drug-likeness (QED) is 0.620. The number of hydrogen-bond acceptors (Lipinski definition) is 1. The average Bonchev–Trinajstić information content (AvgIpc) is 2.83. The molecule has 1 saturated carbocycles. The molecule has 1 amide bonds. The summed E-state index contributed by atoms with van der Waals surface area (Å²) in [6.07, 6.45) is 0.809. The van der Waals surface area contributed by atoms with E-state index in [-0.39, 0.29) is 23.2 Å². The Morgan fingerprint density at radius 2 is 1.73 bits per heavy atom. The molecule has 0 aromatic heterocycles. The monoisotopic (exact) mass is 389 g/mol. The summed E-state index contributed by atoms with van der Waals surface area (Å²) >= 11 is 12.3. The van der Waals surface area contributed by atoms with Crippen LogP contribution in [0.1, 0.15) is 44.2 Å². The van der Waals surface area contributed by atoms with E-state index in [1.54, 1.807) is 0 Å². The molecule has 2 aromatic carbocycles. The molecule has 1 fully saturated rings. The number of anilines is 1. The molecule has 3 rings (SSSR count). The molecule has 2 nitrogen and oxygen atoms in total. The lowest BCUT2D eigenvalue weighted by Gasteiger charge is -2.31. The van der Waals surface area contributed by atoms with Crippen molar-refractivity contribution in [1.29, 1.82) is 0 Å². The molecule has 138 valence electrons. The predicted molar refractivity (Wildman–Crippen MR) is 110 cm³/mol. The third-order valence-electron chi connectivity index (χ3n) is 6.17. The Bertz CT molecular complexity index is 813. The maximum absolute atomic E-state index is 13.0. The maximum Gasteiger partial charge on any atom is 0.228 e. The summed E-state index contributed by atoms with van der Waals surface area (Å²) in [4.78, 5) is 13.0. The van der Waals surface area contributed by atoms with Crippen LogP contribution in [0.4, 0.5) is 5.69 Å². The molecule has 4 heteroatoms. The summed E-state index contributed by atoms with van der Waals surface area (Å²) in [5.74, 6) is 0.675. The van der Waals surface area contributed by atoms with E-state index >= 15 is 0 Å². The van der Waals surface area contributed by atoms with Gasteiger partial charge in [-0.1, -0.05) is 67.7 Å². The molecule has 0 heterocycles. The number of carbonyl (C=O) groups is 1. The molecule has 0 bridgehead atoms. The molecule has 2 aromatic rings. The van der Waals surface area contributed by atoms with E-state index in [9.17, 15) is 4.79 Å². The third kappa shape index (κ3) is 3.63. The fourth-order valence-corrected chi connectivity index (χ4v) is 4.38. The van der Waals surface area contributed by atoms with Gasteiger partial charge in [0.2, 0.25) is 5.91 Å². The van der Waals surface area contributed by atoms with Crippen LogP contribution >= 0.6 is 23.2 Å². The summed E-state index contributed by atoms with van der Waals surface area (Å²) in [6, 6.07) is 13.8. The van der Waals surface area contributed by atoms with Crippen molar-refractivity contribution in [2.75, 3.05) is 5.32 Å². The first-order valence-corrected chi connectivity index (χ1v) is 9.78. The number of benzene rings is 2. The third-order valence-corrected chi connectivity index (χ3v) is 6.91. The number of nitrogens with one attached hydrogen (secondary N) is 1. The Balaban J connectivity index is 1.82. The molecule has 0 aliphatic heterocycles. The van der Waals surface area contributed by atoms with Crippen molar-refractivity contribution in [3.63, 3.8) is 0 Å². The van der Waals surface area contributed by atoms with Crippen LogP contribution in [-0.2, 0) is 4.79 Å². The molecule has 3 atom stereocenters. The van der Waals surface area contributed by atoms with Gasteiger partial charge in [0.25, 0.3) is 0 Å². The van der Waals surface area contributed by atoms with Crippen LogP contribution in [0, 0.1) is 24.2 Å². The average molecular weight is 390 g/mol. The van der Waals surface area contributed by atoms with Crippen molar-refractivity contribution in [3.05, 3.63) is 63.6 Å². The first kappa shape index (κ1) is 19.3. The molecular formula is C22H25Cl2NO. The number of aryl methyl sites for hydroxylation is 1. The van der Waals surface area contributed by atoms with E-state index in [1.165, 1.54) is 5.56 Å². The van der Waals surface area contributed by atoms with Gasteiger partial charge in [0.1, 0.15) is 0 Å². The molecule has 0 radical (unpaired) electrons. The fraction of sp³-hybridized carbons (Fsp3) is 0.409. The Kier molecular flexibility index (Phi) is 5.37. The highest BCUT2D eigenvalue weighted by Crippen LogP contribution is 2.55. The van der Waals surface area contributed by atoms with Crippen molar-refractivity contribution >= 4 is 34.8 Å². The first-order chi connectivity index (χ1) is 12.2. The first-order valence-electron chi connectivity index (χ1n) is 9.02. The predicted octanol–water partition coefficient (Wildman–Crippen LogP) is 6.71. The molecule has 0 unspecified atom stereocenters. The van der Waals surface area contributed by atoms with Crippen molar-refractivity contribution in [2.45, 2.75) is 40.0 Å². The van der Waals surface area contributed by atoms with Crippen LogP contribution in [0.25, 0.3) is 0 Å². The molecule has 0 saturated heterocycles. The van der Waals surface area contributed by atoms with E-state index in [0.717, 1.165) is 17.7 Å². The van der Waals surface area contributed by atoms with Gasteiger partial charge in [-0.15, -0.1) is 0 Å².